The molecule has 0 spiro atoms. The summed E-state index contributed by atoms with van der Waals surface area (Å²) >= 11 is 0. The van der Waals surface area contributed by atoms with Gasteiger partial charge in [-0.25, -0.2) is 4.98 Å². The number of carbonyl (C=O) groups excluding carboxylic acids is 1. The SMILES string of the molecule is COc1cc(CNC(=O)CC(N)C(C)C)ccn1. The van der Waals surface area contributed by atoms with Crippen LogP contribution in [-0.2, 0) is 11.3 Å². The third kappa shape index (κ3) is 4.71. The van der Waals surface area contributed by atoms with Crippen LogP contribution in [0.15, 0.2) is 18.3 Å². The van der Waals surface area contributed by atoms with Crippen LogP contribution in [0.1, 0.15) is 25.8 Å². The molecular weight excluding hydrogens is 230 g/mol. The van der Waals surface area contributed by atoms with Crippen molar-refractivity contribution in [1.29, 1.82) is 0 Å². The highest BCUT2D eigenvalue weighted by Gasteiger charge is 2.12. The molecule has 1 aromatic heterocycles. The predicted octanol–water partition coefficient (Wildman–Crippen LogP) is 1.08. The average Bonchev–Trinajstić information content (AvgIpc) is 2.36. The Hall–Kier alpha value is -1.62. The van der Waals surface area contributed by atoms with Gasteiger partial charge in [0.05, 0.1) is 7.11 Å². The van der Waals surface area contributed by atoms with Crippen LogP contribution >= 0.6 is 0 Å². The standard InChI is InChI=1S/C13H21N3O2/c1-9(2)11(14)7-12(17)16-8-10-4-5-15-13(6-10)18-3/h4-6,9,11H,7-8,14H2,1-3H3,(H,16,17). The van der Waals surface area contributed by atoms with Gasteiger partial charge in [-0.1, -0.05) is 13.8 Å². The summed E-state index contributed by atoms with van der Waals surface area (Å²) in [5.74, 6) is 0.810. The zero-order valence-corrected chi connectivity index (χ0v) is 11.1. The van der Waals surface area contributed by atoms with Crippen LogP contribution in [0.3, 0.4) is 0 Å². The molecule has 3 N–H and O–H groups in total. The number of hydrogen-bond donors (Lipinski definition) is 2. The van der Waals surface area contributed by atoms with Crippen molar-refractivity contribution < 1.29 is 9.53 Å². The molecule has 0 bridgehead atoms. The molecule has 0 radical (unpaired) electrons. The third-order valence-corrected chi connectivity index (χ3v) is 2.78. The van der Waals surface area contributed by atoms with Crippen LogP contribution in [0.4, 0.5) is 0 Å². The summed E-state index contributed by atoms with van der Waals surface area (Å²) < 4.78 is 5.01. The second kappa shape index (κ2) is 6.96. The lowest BCUT2D eigenvalue weighted by Crippen LogP contribution is -2.34. The highest BCUT2D eigenvalue weighted by molar-refractivity contribution is 5.76. The van der Waals surface area contributed by atoms with Crippen molar-refractivity contribution in [2.45, 2.75) is 32.9 Å². The first kappa shape index (κ1) is 14.4. The van der Waals surface area contributed by atoms with E-state index < -0.39 is 0 Å². The summed E-state index contributed by atoms with van der Waals surface area (Å²) in [7, 11) is 1.56. The Labute approximate surface area is 108 Å². The third-order valence-electron chi connectivity index (χ3n) is 2.78. The summed E-state index contributed by atoms with van der Waals surface area (Å²) in [5.41, 5.74) is 6.79. The first-order valence-electron chi connectivity index (χ1n) is 6.04. The van der Waals surface area contributed by atoms with Crippen LogP contribution in [0, 0.1) is 5.92 Å². The van der Waals surface area contributed by atoms with E-state index in [1.165, 1.54) is 0 Å². The number of nitrogens with zero attached hydrogens (tertiary/aromatic N) is 1. The molecule has 100 valence electrons. The Balaban J connectivity index is 2.42. The van der Waals surface area contributed by atoms with Gasteiger partial charge >= 0.3 is 0 Å². The van der Waals surface area contributed by atoms with Crippen molar-refractivity contribution in [1.82, 2.24) is 10.3 Å². The van der Waals surface area contributed by atoms with Crippen molar-refractivity contribution in [2.75, 3.05) is 7.11 Å². The molecule has 1 unspecified atom stereocenters. The summed E-state index contributed by atoms with van der Waals surface area (Å²) in [6, 6.07) is 3.53. The van der Waals surface area contributed by atoms with Crippen molar-refractivity contribution in [3.8, 4) is 5.88 Å². The minimum absolute atomic E-state index is 0.0352. The first-order chi connectivity index (χ1) is 8.52. The van der Waals surface area contributed by atoms with Crippen molar-refractivity contribution >= 4 is 5.91 Å². The van der Waals surface area contributed by atoms with Gasteiger partial charge in [0.1, 0.15) is 0 Å². The number of hydrogen-bond acceptors (Lipinski definition) is 4. The van der Waals surface area contributed by atoms with E-state index in [2.05, 4.69) is 10.3 Å². The predicted molar refractivity (Wildman–Crippen MR) is 70.1 cm³/mol. The Morgan fingerprint density at radius 2 is 2.28 bits per heavy atom. The molecule has 1 rings (SSSR count). The molecule has 1 heterocycles. The fourth-order valence-corrected chi connectivity index (χ4v) is 1.39. The number of amides is 1. The molecule has 0 fully saturated rings. The van der Waals surface area contributed by atoms with Gasteiger partial charge < -0.3 is 15.8 Å². The number of nitrogens with one attached hydrogen (secondary N) is 1. The van der Waals surface area contributed by atoms with Crippen LogP contribution in [0.25, 0.3) is 0 Å². The molecule has 0 aliphatic carbocycles. The minimum Gasteiger partial charge on any atom is -0.481 e. The number of methoxy groups -OCH3 is 1. The number of rotatable bonds is 6. The Morgan fingerprint density at radius 1 is 1.56 bits per heavy atom. The smallest absolute Gasteiger partial charge is 0.221 e. The number of nitrogens with two attached hydrogens (primary N) is 1. The number of ether oxygens (including phenoxy) is 1. The minimum atomic E-state index is -0.100. The highest BCUT2D eigenvalue weighted by atomic mass is 16.5. The van der Waals surface area contributed by atoms with E-state index in [0.717, 1.165) is 5.56 Å². The van der Waals surface area contributed by atoms with Gasteiger partial charge in [0.25, 0.3) is 0 Å². The topological polar surface area (TPSA) is 77.2 Å². The van der Waals surface area contributed by atoms with Gasteiger partial charge in [0, 0.05) is 31.3 Å². The van der Waals surface area contributed by atoms with E-state index in [4.69, 9.17) is 10.5 Å². The normalized spacial score (nSPS) is 12.3. The van der Waals surface area contributed by atoms with E-state index in [0.29, 0.717) is 24.8 Å². The van der Waals surface area contributed by atoms with E-state index in [1.807, 2.05) is 19.9 Å². The largest absolute Gasteiger partial charge is 0.481 e. The van der Waals surface area contributed by atoms with E-state index in [-0.39, 0.29) is 11.9 Å². The van der Waals surface area contributed by atoms with Crippen LogP contribution < -0.4 is 15.8 Å². The number of pyridine rings is 1. The summed E-state index contributed by atoms with van der Waals surface area (Å²) in [6.45, 7) is 4.47. The highest BCUT2D eigenvalue weighted by Crippen LogP contribution is 2.08. The van der Waals surface area contributed by atoms with E-state index in [1.54, 1.807) is 19.4 Å². The van der Waals surface area contributed by atoms with Gasteiger partial charge in [0.2, 0.25) is 11.8 Å². The second-order valence-electron chi connectivity index (χ2n) is 4.60. The van der Waals surface area contributed by atoms with Crippen molar-refractivity contribution in [3.05, 3.63) is 23.9 Å². The first-order valence-corrected chi connectivity index (χ1v) is 6.04. The van der Waals surface area contributed by atoms with Crippen LogP contribution in [0.2, 0.25) is 0 Å². The van der Waals surface area contributed by atoms with Crippen LogP contribution in [0.5, 0.6) is 5.88 Å². The molecular formula is C13H21N3O2. The zero-order valence-electron chi connectivity index (χ0n) is 11.1. The molecule has 5 heteroatoms. The Bertz CT molecular complexity index is 394. The molecule has 0 aliphatic rings. The lowest BCUT2D eigenvalue weighted by molar-refractivity contribution is -0.121. The number of aromatic nitrogens is 1. The van der Waals surface area contributed by atoms with Gasteiger partial charge in [-0.3, -0.25) is 4.79 Å². The lowest BCUT2D eigenvalue weighted by Gasteiger charge is -2.15. The maximum Gasteiger partial charge on any atom is 0.221 e. The molecule has 1 amide bonds. The average molecular weight is 251 g/mol. The summed E-state index contributed by atoms with van der Waals surface area (Å²) in [6.07, 6.45) is 2.00. The van der Waals surface area contributed by atoms with Crippen molar-refractivity contribution in [3.63, 3.8) is 0 Å². The second-order valence-corrected chi connectivity index (χ2v) is 4.60. The van der Waals surface area contributed by atoms with Crippen molar-refractivity contribution in [2.24, 2.45) is 11.7 Å². The molecule has 1 aromatic rings. The summed E-state index contributed by atoms with van der Waals surface area (Å²) in [5, 5.41) is 2.83. The number of carbonyl (C=O) groups is 1. The monoisotopic (exact) mass is 251 g/mol. The fourth-order valence-electron chi connectivity index (χ4n) is 1.39. The van der Waals surface area contributed by atoms with Crippen LogP contribution in [-0.4, -0.2) is 24.0 Å². The quantitative estimate of drug-likeness (QED) is 0.793. The molecule has 5 nitrogen and oxygen atoms in total. The Morgan fingerprint density at radius 3 is 2.89 bits per heavy atom. The molecule has 0 aromatic carbocycles. The Kier molecular flexibility index (Phi) is 5.58. The zero-order chi connectivity index (χ0) is 13.5. The maximum absolute atomic E-state index is 11.6. The maximum atomic E-state index is 11.6. The van der Waals surface area contributed by atoms with Gasteiger partial charge in [-0.2, -0.15) is 0 Å². The fraction of sp³-hybridized carbons (Fsp3) is 0.538. The van der Waals surface area contributed by atoms with E-state index in [9.17, 15) is 4.79 Å². The van der Waals surface area contributed by atoms with E-state index >= 15 is 0 Å². The lowest BCUT2D eigenvalue weighted by atomic mass is 10.0. The van der Waals surface area contributed by atoms with Gasteiger partial charge in [-0.15, -0.1) is 0 Å². The molecule has 0 saturated carbocycles. The molecule has 0 aliphatic heterocycles. The molecule has 18 heavy (non-hydrogen) atoms. The van der Waals surface area contributed by atoms with Gasteiger partial charge in [0.15, 0.2) is 0 Å². The molecule has 1 atom stereocenters. The van der Waals surface area contributed by atoms with Gasteiger partial charge in [-0.05, 0) is 17.5 Å². The molecule has 0 saturated heterocycles. The summed E-state index contributed by atoms with van der Waals surface area (Å²) in [4.78, 5) is 15.6.